The fourth-order valence-corrected chi connectivity index (χ4v) is 5.73. The Labute approximate surface area is 254 Å². The van der Waals surface area contributed by atoms with Crippen molar-refractivity contribution in [3.8, 4) is 23.2 Å². The van der Waals surface area contributed by atoms with Gasteiger partial charge in [-0.15, -0.1) is 0 Å². The van der Waals surface area contributed by atoms with Gasteiger partial charge in [0.1, 0.15) is 18.2 Å². The lowest BCUT2D eigenvalue weighted by molar-refractivity contribution is 0.0697. The van der Waals surface area contributed by atoms with Gasteiger partial charge in [-0.3, -0.25) is 0 Å². The number of carboxylic acids is 1. The molecule has 44 heavy (non-hydrogen) atoms. The van der Waals surface area contributed by atoms with Crippen molar-refractivity contribution in [1.82, 2.24) is 14.5 Å². The van der Waals surface area contributed by atoms with Crippen LogP contribution in [-0.2, 0) is 17.8 Å². The van der Waals surface area contributed by atoms with E-state index >= 15 is 4.39 Å². The van der Waals surface area contributed by atoms with E-state index in [1.807, 2.05) is 41.8 Å². The number of carboxylic acid groups (broad SMARTS) is 1. The van der Waals surface area contributed by atoms with E-state index in [4.69, 9.17) is 19.7 Å². The summed E-state index contributed by atoms with van der Waals surface area (Å²) in [5, 5.41) is 18.6. The molecule has 3 heterocycles. The predicted octanol–water partition coefficient (Wildman–Crippen LogP) is 6.88. The van der Waals surface area contributed by atoms with Crippen LogP contribution >= 0.6 is 0 Å². The van der Waals surface area contributed by atoms with Crippen molar-refractivity contribution in [3.63, 3.8) is 0 Å². The summed E-state index contributed by atoms with van der Waals surface area (Å²) in [6.07, 6.45) is 0.220. The van der Waals surface area contributed by atoms with Crippen molar-refractivity contribution in [3.05, 3.63) is 112 Å². The summed E-state index contributed by atoms with van der Waals surface area (Å²) in [6, 6.07) is 22.7. The normalized spacial score (nSPS) is 15.8. The fraction of sp³-hybridized carbons (Fsp3) is 0.257. The van der Waals surface area contributed by atoms with Crippen LogP contribution in [0.25, 0.3) is 22.3 Å². The summed E-state index contributed by atoms with van der Waals surface area (Å²) < 4.78 is 29.5. The highest BCUT2D eigenvalue weighted by Gasteiger charge is 2.39. The Morgan fingerprint density at radius 3 is 2.64 bits per heavy atom. The molecule has 1 aliphatic heterocycles. The summed E-state index contributed by atoms with van der Waals surface area (Å²) in [6.45, 7) is 7.43. The molecule has 1 aliphatic rings. The largest absolute Gasteiger partial charge is 0.478 e. The van der Waals surface area contributed by atoms with Crippen LogP contribution in [0.5, 0.6) is 5.88 Å². The number of hydrogen-bond acceptors (Lipinski definition) is 6. The van der Waals surface area contributed by atoms with Crippen molar-refractivity contribution < 1.29 is 23.8 Å². The maximum atomic E-state index is 15.8. The highest BCUT2D eigenvalue weighted by molar-refractivity contribution is 5.92. The van der Waals surface area contributed by atoms with Crippen LogP contribution in [0.1, 0.15) is 58.3 Å². The first-order valence-electron chi connectivity index (χ1n) is 14.3. The van der Waals surface area contributed by atoms with Gasteiger partial charge in [0, 0.05) is 23.5 Å². The third kappa shape index (κ3) is 5.64. The van der Waals surface area contributed by atoms with Gasteiger partial charge in [0.25, 0.3) is 0 Å². The molecule has 0 aliphatic carbocycles. The standard InChI is InChI=1S/C35H31FN4O4/c1-21-13-25(15-32-38-29-12-11-24(34(41)42)14-30(29)40(32)31-19-43-20-35(31,2)3)27(36)16-26(21)28-5-4-6-33(39-28)44-18-23-9-7-22(17-37)8-10-23/h4-14,16,31H,15,18-20H2,1-3H3,(H,41,42). The highest BCUT2D eigenvalue weighted by atomic mass is 19.1. The number of nitrogens with zero attached hydrogens (tertiary/aromatic N) is 4. The zero-order valence-corrected chi connectivity index (χ0v) is 24.7. The number of hydrogen-bond donors (Lipinski definition) is 1. The number of fused-ring (bicyclic) bond motifs is 1. The van der Waals surface area contributed by atoms with Crippen LogP contribution in [0.2, 0.25) is 0 Å². The van der Waals surface area contributed by atoms with E-state index in [1.54, 1.807) is 30.3 Å². The smallest absolute Gasteiger partial charge is 0.335 e. The second-order valence-electron chi connectivity index (χ2n) is 11.8. The van der Waals surface area contributed by atoms with Gasteiger partial charge in [0.15, 0.2) is 0 Å². The van der Waals surface area contributed by atoms with Gasteiger partial charge in [-0.25, -0.2) is 19.2 Å². The lowest BCUT2D eigenvalue weighted by Crippen LogP contribution is -2.27. The minimum atomic E-state index is -1.02. The second-order valence-corrected chi connectivity index (χ2v) is 11.8. The van der Waals surface area contributed by atoms with Crippen LogP contribution in [0.3, 0.4) is 0 Å². The van der Waals surface area contributed by atoms with E-state index in [0.717, 1.165) is 11.1 Å². The maximum Gasteiger partial charge on any atom is 0.335 e. The number of imidazole rings is 1. The molecule has 9 heteroatoms. The van der Waals surface area contributed by atoms with Gasteiger partial charge in [0.2, 0.25) is 5.88 Å². The first-order chi connectivity index (χ1) is 21.1. The number of carbonyl (C=O) groups is 1. The average molecular weight is 591 g/mol. The molecule has 1 fully saturated rings. The number of ether oxygens (including phenoxy) is 2. The third-order valence-corrected chi connectivity index (χ3v) is 8.18. The van der Waals surface area contributed by atoms with Crippen LogP contribution in [0, 0.1) is 29.5 Å². The first kappa shape index (κ1) is 29.0. The molecule has 222 valence electrons. The molecule has 6 rings (SSSR count). The molecular formula is C35H31FN4O4. The van der Waals surface area contributed by atoms with Crippen LogP contribution < -0.4 is 4.74 Å². The van der Waals surface area contributed by atoms with E-state index < -0.39 is 5.97 Å². The number of halogens is 1. The zero-order chi connectivity index (χ0) is 31.0. The first-order valence-corrected chi connectivity index (χ1v) is 14.3. The number of aromatic carboxylic acids is 1. The van der Waals surface area contributed by atoms with E-state index in [0.29, 0.717) is 58.3 Å². The Bertz CT molecular complexity index is 1920. The number of pyridine rings is 1. The van der Waals surface area contributed by atoms with E-state index in [9.17, 15) is 9.90 Å². The topological polar surface area (TPSA) is 110 Å². The number of aromatic nitrogens is 3. The lowest BCUT2D eigenvalue weighted by atomic mass is 9.87. The molecule has 8 nitrogen and oxygen atoms in total. The maximum absolute atomic E-state index is 15.8. The minimum absolute atomic E-state index is 0.0915. The van der Waals surface area contributed by atoms with Crippen molar-refractivity contribution in [1.29, 1.82) is 5.26 Å². The second kappa shape index (κ2) is 11.5. The molecule has 0 spiro atoms. The SMILES string of the molecule is Cc1cc(Cc2nc3ccc(C(=O)O)cc3n2C2COCC2(C)C)c(F)cc1-c1cccc(OCc2ccc(C#N)cc2)n1. The summed E-state index contributed by atoms with van der Waals surface area (Å²) in [7, 11) is 0. The summed E-state index contributed by atoms with van der Waals surface area (Å²) in [5.41, 5.74) is 5.34. The molecular weight excluding hydrogens is 559 g/mol. The van der Waals surface area contributed by atoms with Gasteiger partial charge in [-0.1, -0.05) is 38.1 Å². The minimum Gasteiger partial charge on any atom is -0.478 e. The Balaban J connectivity index is 1.30. The van der Waals surface area contributed by atoms with Gasteiger partial charge in [0.05, 0.1) is 53.2 Å². The third-order valence-electron chi connectivity index (χ3n) is 8.18. The number of rotatable bonds is 8. The van der Waals surface area contributed by atoms with Crippen LogP contribution in [0.15, 0.2) is 72.8 Å². The van der Waals surface area contributed by atoms with Gasteiger partial charge in [-0.05, 0) is 66.1 Å². The Hall–Kier alpha value is -5.07. The summed E-state index contributed by atoms with van der Waals surface area (Å²) in [4.78, 5) is 21.2. The number of benzene rings is 3. The Kier molecular flexibility index (Phi) is 7.62. The molecule has 0 saturated carbocycles. The van der Waals surface area contributed by atoms with E-state index in [-0.39, 0.29) is 35.9 Å². The summed E-state index contributed by atoms with van der Waals surface area (Å²) in [5.74, 6) is -0.346. The molecule has 1 N–H and O–H groups in total. The fourth-order valence-electron chi connectivity index (χ4n) is 5.73. The molecule has 1 atom stereocenters. The van der Waals surface area contributed by atoms with Crippen molar-refractivity contribution >= 4 is 17.0 Å². The van der Waals surface area contributed by atoms with Crippen LogP contribution in [-0.4, -0.2) is 38.8 Å². The van der Waals surface area contributed by atoms with Gasteiger partial charge in [-0.2, -0.15) is 5.26 Å². The number of nitriles is 1. The average Bonchev–Trinajstić information content (AvgIpc) is 3.55. The molecule has 0 amide bonds. The van der Waals surface area contributed by atoms with Gasteiger partial charge >= 0.3 is 5.97 Å². The molecule has 3 aromatic carbocycles. The summed E-state index contributed by atoms with van der Waals surface area (Å²) >= 11 is 0. The van der Waals surface area contributed by atoms with Crippen molar-refractivity contribution in [2.75, 3.05) is 13.2 Å². The van der Waals surface area contributed by atoms with E-state index in [1.165, 1.54) is 12.1 Å². The highest BCUT2D eigenvalue weighted by Crippen LogP contribution is 2.40. The molecule has 2 aromatic heterocycles. The monoisotopic (exact) mass is 590 g/mol. The molecule has 5 aromatic rings. The Morgan fingerprint density at radius 2 is 1.93 bits per heavy atom. The number of aryl methyl sites for hydroxylation is 1. The molecule has 1 saturated heterocycles. The Morgan fingerprint density at radius 1 is 1.14 bits per heavy atom. The molecule has 1 unspecified atom stereocenters. The lowest BCUT2D eigenvalue weighted by Gasteiger charge is -2.28. The van der Waals surface area contributed by atoms with Gasteiger partial charge < -0.3 is 19.1 Å². The van der Waals surface area contributed by atoms with Crippen molar-refractivity contribution in [2.45, 2.75) is 39.8 Å². The zero-order valence-electron chi connectivity index (χ0n) is 24.7. The van der Waals surface area contributed by atoms with Crippen LogP contribution in [0.4, 0.5) is 4.39 Å². The quantitative estimate of drug-likeness (QED) is 0.210. The van der Waals surface area contributed by atoms with Crippen molar-refractivity contribution in [2.24, 2.45) is 5.41 Å². The predicted molar refractivity (Wildman–Crippen MR) is 163 cm³/mol. The van der Waals surface area contributed by atoms with E-state index in [2.05, 4.69) is 24.9 Å². The molecule has 0 bridgehead atoms. The molecule has 0 radical (unpaired) electrons.